The molecule has 1 aliphatic heterocycles. The van der Waals surface area contributed by atoms with Crippen LogP contribution in [0.25, 0.3) is 0 Å². The van der Waals surface area contributed by atoms with Gasteiger partial charge in [0.2, 0.25) is 0 Å². The molecule has 0 saturated carbocycles. The summed E-state index contributed by atoms with van der Waals surface area (Å²) >= 11 is 0. The highest BCUT2D eigenvalue weighted by Crippen LogP contribution is 2.32. The zero-order valence-electron chi connectivity index (χ0n) is 9.42. The van der Waals surface area contributed by atoms with Crippen LogP contribution in [0, 0.1) is 6.92 Å². The van der Waals surface area contributed by atoms with Gasteiger partial charge >= 0.3 is 6.18 Å². The van der Waals surface area contributed by atoms with Crippen LogP contribution in [0.5, 0.6) is 0 Å². The van der Waals surface area contributed by atoms with Crippen LogP contribution in [0.15, 0.2) is 24.3 Å². The first-order valence-corrected chi connectivity index (χ1v) is 5.48. The zero-order chi connectivity index (χ0) is 12.5. The highest BCUT2D eigenvalue weighted by molar-refractivity contribution is 5.45. The fraction of sp³-hybridized carbons (Fsp3) is 0.500. The highest BCUT2D eigenvalue weighted by Gasteiger charge is 2.48. The van der Waals surface area contributed by atoms with Crippen LogP contribution < -0.4 is 5.32 Å². The quantitative estimate of drug-likeness (QED) is 0.864. The number of rotatable bonds is 2. The molecule has 1 saturated heterocycles. The molecule has 2 nitrogen and oxygen atoms in total. The molecule has 1 aromatic carbocycles. The van der Waals surface area contributed by atoms with Crippen LogP contribution in [0.1, 0.15) is 12.0 Å². The topological polar surface area (TPSA) is 21.3 Å². The fourth-order valence-electron chi connectivity index (χ4n) is 1.92. The summed E-state index contributed by atoms with van der Waals surface area (Å²) in [6.07, 6.45) is -5.64. The van der Waals surface area contributed by atoms with Gasteiger partial charge in [-0.25, -0.2) is 0 Å². The summed E-state index contributed by atoms with van der Waals surface area (Å²) in [6.45, 7) is 2.08. The van der Waals surface area contributed by atoms with Crippen molar-refractivity contribution < 1.29 is 17.9 Å². The molecule has 17 heavy (non-hydrogen) atoms. The molecule has 2 rings (SSSR count). The number of ether oxygens (including phenoxy) is 1. The Balaban J connectivity index is 2.05. The van der Waals surface area contributed by atoms with E-state index in [9.17, 15) is 13.2 Å². The van der Waals surface area contributed by atoms with E-state index in [0.29, 0.717) is 12.1 Å². The van der Waals surface area contributed by atoms with Crippen LogP contribution in [0.3, 0.4) is 0 Å². The lowest BCUT2D eigenvalue weighted by atomic mass is 10.1. The number of nitrogens with one attached hydrogen (secondary N) is 1. The van der Waals surface area contributed by atoms with Crippen LogP contribution in [-0.2, 0) is 4.74 Å². The molecule has 0 aliphatic carbocycles. The lowest BCUT2D eigenvalue weighted by Gasteiger charge is -2.23. The molecule has 1 N–H and O–H groups in total. The molecule has 0 spiro atoms. The van der Waals surface area contributed by atoms with E-state index >= 15 is 0 Å². The average molecular weight is 245 g/mol. The third-order valence-corrected chi connectivity index (χ3v) is 2.82. The number of anilines is 1. The highest BCUT2D eigenvalue weighted by atomic mass is 19.4. The van der Waals surface area contributed by atoms with Gasteiger partial charge in [0, 0.05) is 12.3 Å². The van der Waals surface area contributed by atoms with Crippen molar-refractivity contribution in [1.29, 1.82) is 0 Å². The summed E-state index contributed by atoms with van der Waals surface area (Å²) < 4.78 is 42.6. The normalized spacial score (nSPS) is 24.9. The largest absolute Gasteiger partial charge is 0.416 e. The van der Waals surface area contributed by atoms with Crippen molar-refractivity contribution in [3.63, 3.8) is 0 Å². The summed E-state index contributed by atoms with van der Waals surface area (Å²) in [6, 6.07) is 6.58. The third-order valence-electron chi connectivity index (χ3n) is 2.82. The predicted octanol–water partition coefficient (Wildman–Crippen LogP) is 3.13. The maximum Gasteiger partial charge on any atom is 0.416 e. The SMILES string of the molecule is Cc1ccc(NC2CCOC2C(F)(F)F)cc1. The summed E-state index contributed by atoms with van der Waals surface area (Å²) in [5, 5.41) is 2.88. The Morgan fingerprint density at radius 2 is 1.88 bits per heavy atom. The Morgan fingerprint density at radius 1 is 1.24 bits per heavy atom. The zero-order valence-corrected chi connectivity index (χ0v) is 9.42. The molecule has 1 aromatic rings. The molecule has 2 atom stereocenters. The monoisotopic (exact) mass is 245 g/mol. The maximum absolute atomic E-state index is 12.6. The number of alkyl halides is 3. The third kappa shape index (κ3) is 2.91. The molecule has 0 aromatic heterocycles. The first kappa shape index (κ1) is 12.2. The van der Waals surface area contributed by atoms with Crippen molar-refractivity contribution in [2.45, 2.75) is 31.7 Å². The summed E-state index contributed by atoms with van der Waals surface area (Å²) in [4.78, 5) is 0. The number of hydrogen-bond acceptors (Lipinski definition) is 2. The lowest BCUT2D eigenvalue weighted by molar-refractivity contribution is -0.208. The second-order valence-electron chi connectivity index (χ2n) is 4.24. The van der Waals surface area contributed by atoms with Crippen LogP contribution in [-0.4, -0.2) is 24.9 Å². The molecule has 0 radical (unpaired) electrons. The number of hydrogen-bond donors (Lipinski definition) is 1. The lowest BCUT2D eigenvalue weighted by Crippen LogP contribution is -2.41. The fourth-order valence-corrected chi connectivity index (χ4v) is 1.92. The van der Waals surface area contributed by atoms with E-state index in [1.807, 2.05) is 19.1 Å². The molecule has 0 bridgehead atoms. The molecule has 1 fully saturated rings. The molecule has 1 aliphatic rings. The van der Waals surface area contributed by atoms with Gasteiger partial charge in [0.25, 0.3) is 0 Å². The Hall–Kier alpha value is -1.23. The van der Waals surface area contributed by atoms with Gasteiger partial charge in [-0.3, -0.25) is 0 Å². The Labute approximate surface area is 97.8 Å². The van der Waals surface area contributed by atoms with Crippen molar-refractivity contribution in [3.8, 4) is 0 Å². The molecular weight excluding hydrogens is 231 g/mol. The Morgan fingerprint density at radius 3 is 2.47 bits per heavy atom. The van der Waals surface area contributed by atoms with Crippen molar-refractivity contribution in [2.75, 3.05) is 11.9 Å². The minimum atomic E-state index is -4.31. The second kappa shape index (κ2) is 4.56. The van der Waals surface area contributed by atoms with Gasteiger partial charge in [0.1, 0.15) is 0 Å². The van der Waals surface area contributed by atoms with Gasteiger partial charge in [0.05, 0.1) is 6.04 Å². The molecule has 1 heterocycles. The van der Waals surface area contributed by atoms with E-state index in [1.165, 1.54) is 0 Å². The van der Waals surface area contributed by atoms with E-state index in [2.05, 4.69) is 5.32 Å². The van der Waals surface area contributed by atoms with Gasteiger partial charge in [0.15, 0.2) is 6.10 Å². The minimum Gasteiger partial charge on any atom is -0.379 e. The van der Waals surface area contributed by atoms with Crippen LogP contribution in [0.4, 0.5) is 18.9 Å². The summed E-state index contributed by atoms with van der Waals surface area (Å²) in [7, 11) is 0. The first-order chi connectivity index (χ1) is 7.97. The molecular formula is C12H14F3NO. The predicted molar refractivity (Wildman–Crippen MR) is 59.0 cm³/mol. The van der Waals surface area contributed by atoms with Crippen molar-refractivity contribution in [3.05, 3.63) is 29.8 Å². The van der Waals surface area contributed by atoms with E-state index in [0.717, 1.165) is 5.56 Å². The molecule has 0 amide bonds. The molecule has 2 unspecified atom stereocenters. The van der Waals surface area contributed by atoms with Crippen LogP contribution in [0.2, 0.25) is 0 Å². The second-order valence-corrected chi connectivity index (χ2v) is 4.24. The number of aryl methyl sites for hydroxylation is 1. The van der Waals surface area contributed by atoms with Crippen molar-refractivity contribution in [2.24, 2.45) is 0 Å². The van der Waals surface area contributed by atoms with Gasteiger partial charge in [-0.2, -0.15) is 13.2 Å². The Bertz CT molecular complexity index is 374. The van der Waals surface area contributed by atoms with E-state index in [-0.39, 0.29) is 6.61 Å². The Kier molecular flexibility index (Phi) is 3.28. The van der Waals surface area contributed by atoms with Gasteiger partial charge in [-0.15, -0.1) is 0 Å². The number of halogens is 3. The smallest absolute Gasteiger partial charge is 0.379 e. The van der Waals surface area contributed by atoms with E-state index < -0.39 is 18.3 Å². The molecule has 5 heteroatoms. The molecule has 94 valence electrons. The first-order valence-electron chi connectivity index (χ1n) is 5.48. The van der Waals surface area contributed by atoms with Crippen molar-refractivity contribution >= 4 is 5.69 Å². The van der Waals surface area contributed by atoms with E-state index in [4.69, 9.17) is 4.74 Å². The maximum atomic E-state index is 12.6. The summed E-state index contributed by atoms with van der Waals surface area (Å²) in [5.41, 5.74) is 1.77. The van der Waals surface area contributed by atoms with Crippen LogP contribution >= 0.6 is 0 Å². The van der Waals surface area contributed by atoms with Gasteiger partial charge in [-0.1, -0.05) is 17.7 Å². The van der Waals surface area contributed by atoms with Gasteiger partial charge < -0.3 is 10.1 Å². The van der Waals surface area contributed by atoms with Gasteiger partial charge in [-0.05, 0) is 25.5 Å². The van der Waals surface area contributed by atoms with E-state index in [1.54, 1.807) is 12.1 Å². The minimum absolute atomic E-state index is 0.147. The number of benzene rings is 1. The summed E-state index contributed by atoms with van der Waals surface area (Å²) in [5.74, 6) is 0. The van der Waals surface area contributed by atoms with Crippen molar-refractivity contribution in [1.82, 2.24) is 0 Å². The average Bonchev–Trinajstić information content (AvgIpc) is 2.69. The standard InChI is InChI=1S/C12H14F3NO/c1-8-2-4-9(5-3-8)16-10-6-7-17-11(10)12(13,14)15/h2-5,10-11,16H,6-7H2,1H3.